The molecule has 1 rings (SSSR count). The van der Waals surface area contributed by atoms with Crippen LogP contribution in [0.15, 0.2) is 24.3 Å². The van der Waals surface area contributed by atoms with Gasteiger partial charge in [0.2, 0.25) is 0 Å². The Balaban J connectivity index is 2.36. The third-order valence-electron chi connectivity index (χ3n) is 2.64. The summed E-state index contributed by atoms with van der Waals surface area (Å²) in [4.78, 5) is 11.5. The van der Waals surface area contributed by atoms with Crippen molar-refractivity contribution in [2.24, 2.45) is 0 Å². The fourth-order valence-corrected chi connectivity index (χ4v) is 1.62. The average molecular weight is 214 g/mol. The summed E-state index contributed by atoms with van der Waals surface area (Å²) in [6.45, 7) is 3.89. The molecule has 0 aliphatic rings. The highest BCUT2D eigenvalue weighted by atomic mass is 16.1. The van der Waals surface area contributed by atoms with Gasteiger partial charge in [0, 0.05) is 19.3 Å². The van der Waals surface area contributed by atoms with Gasteiger partial charge in [0.25, 0.3) is 0 Å². The second kappa shape index (κ2) is 6.85. The molecule has 0 heterocycles. The standard InChI is InChI=1S/C15H18O/c1-3-4-5-10-15(16)12-11-14-9-7-6-8-13(14)2/h6-9H,5,10-12H2,1-2H3. The van der Waals surface area contributed by atoms with Gasteiger partial charge >= 0.3 is 0 Å². The van der Waals surface area contributed by atoms with E-state index in [1.165, 1.54) is 11.1 Å². The van der Waals surface area contributed by atoms with Crippen molar-refractivity contribution < 1.29 is 4.79 Å². The molecule has 0 aromatic heterocycles. The first-order valence-corrected chi connectivity index (χ1v) is 5.70. The van der Waals surface area contributed by atoms with Crippen molar-refractivity contribution >= 4 is 5.78 Å². The van der Waals surface area contributed by atoms with Crippen molar-refractivity contribution in [1.29, 1.82) is 0 Å². The predicted molar refractivity (Wildman–Crippen MR) is 67.2 cm³/mol. The highest BCUT2D eigenvalue weighted by Gasteiger charge is 2.03. The molecule has 0 atom stereocenters. The summed E-state index contributed by atoms with van der Waals surface area (Å²) >= 11 is 0. The van der Waals surface area contributed by atoms with Crippen LogP contribution in [0.2, 0.25) is 0 Å². The van der Waals surface area contributed by atoms with E-state index in [1.807, 2.05) is 12.1 Å². The molecular formula is C15H18O. The molecule has 0 unspecified atom stereocenters. The maximum absolute atomic E-state index is 11.5. The van der Waals surface area contributed by atoms with Gasteiger partial charge in [-0.2, -0.15) is 0 Å². The number of benzene rings is 1. The summed E-state index contributed by atoms with van der Waals surface area (Å²) in [7, 11) is 0. The molecule has 0 aliphatic carbocycles. The lowest BCUT2D eigenvalue weighted by molar-refractivity contribution is -0.118. The van der Waals surface area contributed by atoms with E-state index < -0.39 is 0 Å². The molecular weight excluding hydrogens is 196 g/mol. The van der Waals surface area contributed by atoms with E-state index in [0.717, 1.165) is 6.42 Å². The van der Waals surface area contributed by atoms with E-state index in [-0.39, 0.29) is 0 Å². The number of aryl methyl sites for hydroxylation is 2. The molecule has 16 heavy (non-hydrogen) atoms. The third-order valence-corrected chi connectivity index (χ3v) is 2.64. The Morgan fingerprint density at radius 3 is 2.69 bits per heavy atom. The van der Waals surface area contributed by atoms with E-state index in [9.17, 15) is 4.79 Å². The normalized spacial score (nSPS) is 9.38. The van der Waals surface area contributed by atoms with Crippen molar-refractivity contribution in [2.75, 3.05) is 0 Å². The second-order valence-corrected chi connectivity index (χ2v) is 3.89. The Morgan fingerprint density at radius 1 is 1.25 bits per heavy atom. The summed E-state index contributed by atoms with van der Waals surface area (Å²) in [5.74, 6) is 6.03. The molecule has 1 aromatic rings. The molecule has 0 saturated heterocycles. The van der Waals surface area contributed by atoms with Gasteiger partial charge in [0.1, 0.15) is 5.78 Å². The van der Waals surface area contributed by atoms with Crippen molar-refractivity contribution in [3.8, 4) is 11.8 Å². The van der Waals surface area contributed by atoms with Crippen LogP contribution in [0.5, 0.6) is 0 Å². The number of Topliss-reactive ketones (excluding diaryl/α,β-unsaturated/α-hetero) is 1. The fraction of sp³-hybridized carbons (Fsp3) is 0.400. The first-order valence-electron chi connectivity index (χ1n) is 5.70. The molecule has 0 aliphatic heterocycles. The van der Waals surface area contributed by atoms with Crippen LogP contribution in [0, 0.1) is 18.8 Å². The Kier molecular flexibility index (Phi) is 5.36. The van der Waals surface area contributed by atoms with E-state index >= 15 is 0 Å². The zero-order valence-corrected chi connectivity index (χ0v) is 10.0. The summed E-state index contributed by atoms with van der Waals surface area (Å²) < 4.78 is 0. The molecule has 1 aromatic carbocycles. The minimum absolute atomic E-state index is 0.311. The van der Waals surface area contributed by atoms with Gasteiger partial charge in [-0.3, -0.25) is 4.79 Å². The van der Waals surface area contributed by atoms with Crippen LogP contribution in [-0.4, -0.2) is 5.78 Å². The number of ketones is 1. The van der Waals surface area contributed by atoms with Crippen molar-refractivity contribution in [3.05, 3.63) is 35.4 Å². The Morgan fingerprint density at radius 2 is 2.00 bits per heavy atom. The van der Waals surface area contributed by atoms with Crippen molar-refractivity contribution in [2.45, 2.75) is 39.5 Å². The molecule has 0 fully saturated rings. The molecule has 0 saturated carbocycles. The number of rotatable bonds is 5. The number of hydrogen-bond acceptors (Lipinski definition) is 1. The molecule has 0 radical (unpaired) electrons. The van der Waals surface area contributed by atoms with Crippen LogP contribution >= 0.6 is 0 Å². The highest BCUT2D eigenvalue weighted by Crippen LogP contribution is 2.10. The third kappa shape index (κ3) is 4.31. The van der Waals surface area contributed by atoms with E-state index in [0.29, 0.717) is 25.0 Å². The number of carbonyl (C=O) groups is 1. The molecule has 0 amide bonds. The van der Waals surface area contributed by atoms with Gasteiger partial charge in [-0.05, 0) is 31.4 Å². The minimum Gasteiger partial charge on any atom is -0.300 e. The summed E-state index contributed by atoms with van der Waals surface area (Å²) in [6, 6.07) is 8.23. The molecule has 0 N–H and O–H groups in total. The zero-order chi connectivity index (χ0) is 11.8. The van der Waals surface area contributed by atoms with Crippen LogP contribution in [0.25, 0.3) is 0 Å². The van der Waals surface area contributed by atoms with E-state index in [4.69, 9.17) is 0 Å². The lowest BCUT2D eigenvalue weighted by atomic mass is 10.0. The quantitative estimate of drug-likeness (QED) is 0.687. The van der Waals surface area contributed by atoms with E-state index in [1.54, 1.807) is 6.92 Å². The van der Waals surface area contributed by atoms with Crippen LogP contribution in [0.4, 0.5) is 0 Å². The molecule has 84 valence electrons. The van der Waals surface area contributed by atoms with Crippen molar-refractivity contribution in [1.82, 2.24) is 0 Å². The summed E-state index contributed by atoms with van der Waals surface area (Å²) in [6.07, 6.45) is 2.77. The Labute approximate surface area is 97.9 Å². The average Bonchev–Trinajstić information content (AvgIpc) is 2.28. The van der Waals surface area contributed by atoms with Gasteiger partial charge in [0.15, 0.2) is 0 Å². The first-order chi connectivity index (χ1) is 7.74. The lowest BCUT2D eigenvalue weighted by Gasteiger charge is -2.03. The van der Waals surface area contributed by atoms with E-state index in [2.05, 4.69) is 30.9 Å². The largest absolute Gasteiger partial charge is 0.300 e. The maximum Gasteiger partial charge on any atom is 0.134 e. The minimum atomic E-state index is 0.311. The van der Waals surface area contributed by atoms with Crippen LogP contribution in [0.3, 0.4) is 0 Å². The Hall–Kier alpha value is -1.55. The summed E-state index contributed by atoms with van der Waals surface area (Å²) in [5.41, 5.74) is 2.54. The lowest BCUT2D eigenvalue weighted by Crippen LogP contribution is -2.00. The molecule has 0 bridgehead atoms. The Bertz CT molecular complexity index is 407. The van der Waals surface area contributed by atoms with Crippen LogP contribution < -0.4 is 0 Å². The first kappa shape index (κ1) is 12.5. The zero-order valence-electron chi connectivity index (χ0n) is 10.0. The van der Waals surface area contributed by atoms with Crippen molar-refractivity contribution in [3.63, 3.8) is 0 Å². The number of carbonyl (C=O) groups excluding carboxylic acids is 1. The second-order valence-electron chi connectivity index (χ2n) is 3.89. The van der Waals surface area contributed by atoms with Gasteiger partial charge in [-0.1, -0.05) is 24.3 Å². The summed E-state index contributed by atoms with van der Waals surface area (Å²) in [5, 5.41) is 0. The molecule has 0 spiro atoms. The van der Waals surface area contributed by atoms with Crippen LogP contribution in [-0.2, 0) is 11.2 Å². The molecule has 1 nitrogen and oxygen atoms in total. The topological polar surface area (TPSA) is 17.1 Å². The monoisotopic (exact) mass is 214 g/mol. The van der Waals surface area contributed by atoms with Gasteiger partial charge in [-0.25, -0.2) is 0 Å². The molecule has 1 heteroatoms. The van der Waals surface area contributed by atoms with Gasteiger partial charge < -0.3 is 0 Å². The van der Waals surface area contributed by atoms with Crippen LogP contribution in [0.1, 0.15) is 37.3 Å². The predicted octanol–water partition coefficient (Wildman–Crippen LogP) is 3.30. The number of hydrogen-bond donors (Lipinski definition) is 0. The maximum atomic E-state index is 11.5. The van der Waals surface area contributed by atoms with Gasteiger partial charge in [-0.15, -0.1) is 11.8 Å². The highest BCUT2D eigenvalue weighted by molar-refractivity contribution is 5.78. The smallest absolute Gasteiger partial charge is 0.134 e. The SMILES string of the molecule is CC#CCCC(=O)CCc1ccccc1C. The fourth-order valence-electron chi connectivity index (χ4n) is 1.62. The van der Waals surface area contributed by atoms with Gasteiger partial charge in [0.05, 0.1) is 0 Å².